The van der Waals surface area contributed by atoms with Crippen molar-refractivity contribution in [3.05, 3.63) is 29.3 Å². The summed E-state index contributed by atoms with van der Waals surface area (Å²) in [5.41, 5.74) is 1.91. The second kappa shape index (κ2) is 8.58. The molecule has 0 unspecified atom stereocenters. The van der Waals surface area contributed by atoms with Gasteiger partial charge in [-0.05, 0) is 24.6 Å². The van der Waals surface area contributed by atoms with Crippen molar-refractivity contribution in [3.8, 4) is 0 Å². The number of amides is 3. The number of hydrogen-bond donors (Lipinski definition) is 3. The molecule has 2 rings (SSSR count). The molecule has 0 saturated carbocycles. The summed E-state index contributed by atoms with van der Waals surface area (Å²) in [6.45, 7) is 3.34. The van der Waals surface area contributed by atoms with E-state index < -0.39 is 12.0 Å². The highest BCUT2D eigenvalue weighted by Gasteiger charge is 2.19. The summed E-state index contributed by atoms with van der Waals surface area (Å²) in [6, 6.07) is 4.72. The number of carboxylic acids is 1. The fraction of sp³-hybridized carbons (Fsp3) is 0.438. The molecule has 0 bridgehead atoms. The van der Waals surface area contributed by atoms with Gasteiger partial charge < -0.3 is 20.6 Å². The van der Waals surface area contributed by atoms with E-state index in [0.717, 1.165) is 30.2 Å². The van der Waals surface area contributed by atoms with E-state index >= 15 is 0 Å². The Labute approximate surface area is 144 Å². The summed E-state index contributed by atoms with van der Waals surface area (Å²) >= 11 is 1.83. The van der Waals surface area contributed by atoms with Crippen molar-refractivity contribution in [1.82, 2.24) is 10.2 Å². The third-order valence-corrected chi connectivity index (χ3v) is 4.60. The molecule has 0 aromatic heterocycles. The van der Waals surface area contributed by atoms with Gasteiger partial charge in [-0.1, -0.05) is 6.07 Å². The average Bonchev–Trinajstić information content (AvgIpc) is 2.56. The fourth-order valence-corrected chi connectivity index (χ4v) is 3.19. The number of nitrogens with zero attached hydrogens (tertiary/aromatic N) is 1. The summed E-state index contributed by atoms with van der Waals surface area (Å²) in [5.74, 6) is 0.868. The zero-order valence-electron chi connectivity index (χ0n) is 13.5. The van der Waals surface area contributed by atoms with Gasteiger partial charge in [-0.15, -0.1) is 0 Å². The molecule has 0 radical (unpaired) electrons. The minimum Gasteiger partial charge on any atom is -0.481 e. The van der Waals surface area contributed by atoms with E-state index in [4.69, 9.17) is 5.11 Å². The Kier molecular flexibility index (Phi) is 6.48. The highest BCUT2D eigenvalue weighted by Crippen LogP contribution is 2.19. The number of carbonyl (C=O) groups excluding carboxylic acids is 2. The third-order valence-electron chi connectivity index (χ3n) is 3.66. The Balaban J connectivity index is 2.01. The van der Waals surface area contributed by atoms with Gasteiger partial charge in [-0.25, -0.2) is 4.79 Å². The first-order chi connectivity index (χ1) is 11.5. The number of benzene rings is 1. The molecule has 130 valence electrons. The number of rotatable bonds is 5. The molecule has 1 aromatic carbocycles. The molecule has 8 heteroatoms. The van der Waals surface area contributed by atoms with Crippen LogP contribution in [0.2, 0.25) is 0 Å². The quantitative estimate of drug-likeness (QED) is 0.751. The molecule has 3 amide bonds. The largest absolute Gasteiger partial charge is 0.481 e. The molecular formula is C16H21N3O4S. The van der Waals surface area contributed by atoms with E-state index in [2.05, 4.69) is 10.6 Å². The summed E-state index contributed by atoms with van der Waals surface area (Å²) in [4.78, 5) is 36.6. The Morgan fingerprint density at radius 1 is 1.25 bits per heavy atom. The van der Waals surface area contributed by atoms with Crippen LogP contribution < -0.4 is 10.6 Å². The van der Waals surface area contributed by atoms with Crippen LogP contribution in [0.25, 0.3) is 0 Å². The monoisotopic (exact) mass is 351 g/mol. The van der Waals surface area contributed by atoms with Crippen LogP contribution in [0.15, 0.2) is 18.2 Å². The van der Waals surface area contributed by atoms with Crippen LogP contribution >= 0.6 is 11.8 Å². The Hall–Kier alpha value is -2.22. The molecule has 1 saturated heterocycles. The van der Waals surface area contributed by atoms with Crippen LogP contribution in [-0.2, 0) is 4.79 Å². The van der Waals surface area contributed by atoms with Gasteiger partial charge >= 0.3 is 12.0 Å². The number of aliphatic carboxylic acids is 1. The van der Waals surface area contributed by atoms with Crippen LogP contribution in [0.5, 0.6) is 0 Å². The van der Waals surface area contributed by atoms with E-state index in [9.17, 15) is 14.4 Å². The molecule has 1 heterocycles. The first-order valence-corrected chi connectivity index (χ1v) is 8.87. The number of thioether (sulfide) groups is 1. The van der Waals surface area contributed by atoms with Crippen LogP contribution in [0, 0.1) is 6.92 Å². The lowest BCUT2D eigenvalue weighted by Crippen LogP contribution is -2.38. The molecular weight excluding hydrogens is 330 g/mol. The lowest BCUT2D eigenvalue weighted by Gasteiger charge is -2.26. The van der Waals surface area contributed by atoms with Crippen molar-refractivity contribution >= 4 is 35.4 Å². The Bertz CT molecular complexity index is 630. The molecule has 7 nitrogen and oxygen atoms in total. The lowest BCUT2D eigenvalue weighted by atomic mass is 10.1. The first kappa shape index (κ1) is 18.1. The number of nitrogens with one attached hydrogen (secondary N) is 2. The molecule has 1 aliphatic rings. The maximum atomic E-state index is 12.5. The van der Waals surface area contributed by atoms with Gasteiger partial charge in [0.25, 0.3) is 5.91 Å². The predicted molar refractivity (Wildman–Crippen MR) is 93.7 cm³/mol. The first-order valence-electron chi connectivity index (χ1n) is 7.71. The zero-order chi connectivity index (χ0) is 17.5. The lowest BCUT2D eigenvalue weighted by molar-refractivity contribution is -0.136. The van der Waals surface area contributed by atoms with Gasteiger partial charge in [0.2, 0.25) is 0 Å². The van der Waals surface area contributed by atoms with Crippen molar-refractivity contribution in [2.75, 3.05) is 36.5 Å². The minimum absolute atomic E-state index is 0.0374. The molecule has 1 aromatic rings. The van der Waals surface area contributed by atoms with Gasteiger partial charge in [0.05, 0.1) is 6.42 Å². The molecule has 0 atom stereocenters. The molecule has 0 aliphatic carbocycles. The molecule has 1 fully saturated rings. The number of carboxylic acid groups (broad SMARTS) is 1. The van der Waals surface area contributed by atoms with Gasteiger partial charge in [0.1, 0.15) is 0 Å². The number of aryl methyl sites for hydroxylation is 1. The van der Waals surface area contributed by atoms with Gasteiger partial charge in [0, 0.05) is 42.4 Å². The van der Waals surface area contributed by atoms with Gasteiger partial charge in [-0.2, -0.15) is 11.8 Å². The number of urea groups is 1. The van der Waals surface area contributed by atoms with Crippen molar-refractivity contribution in [2.45, 2.75) is 13.3 Å². The topological polar surface area (TPSA) is 98.7 Å². The maximum Gasteiger partial charge on any atom is 0.319 e. The highest BCUT2D eigenvalue weighted by atomic mass is 32.2. The Morgan fingerprint density at radius 2 is 1.96 bits per heavy atom. The number of hydrogen-bond acceptors (Lipinski definition) is 4. The smallest absolute Gasteiger partial charge is 0.319 e. The fourth-order valence-electron chi connectivity index (χ4n) is 2.29. The summed E-state index contributed by atoms with van der Waals surface area (Å²) in [7, 11) is 0. The summed E-state index contributed by atoms with van der Waals surface area (Å²) in [6.07, 6.45) is -0.141. The van der Waals surface area contributed by atoms with Crippen molar-refractivity contribution in [1.29, 1.82) is 0 Å². The maximum absolute atomic E-state index is 12.5. The Morgan fingerprint density at radius 3 is 2.62 bits per heavy atom. The second-order valence-corrected chi connectivity index (χ2v) is 6.68. The van der Waals surface area contributed by atoms with Gasteiger partial charge in [-0.3, -0.25) is 9.59 Å². The number of carbonyl (C=O) groups is 3. The normalized spacial score (nSPS) is 14.1. The third kappa shape index (κ3) is 5.16. The molecule has 0 spiro atoms. The van der Waals surface area contributed by atoms with E-state index in [0.29, 0.717) is 11.3 Å². The minimum atomic E-state index is -0.973. The SMILES string of the molecule is Cc1ccc(C(=O)N2CCSCC2)cc1NC(=O)NCCC(=O)O. The number of anilines is 1. The van der Waals surface area contributed by atoms with Crippen LogP contribution in [0.1, 0.15) is 22.3 Å². The summed E-state index contributed by atoms with van der Waals surface area (Å²) < 4.78 is 0. The second-order valence-electron chi connectivity index (χ2n) is 5.46. The average molecular weight is 351 g/mol. The van der Waals surface area contributed by atoms with Crippen molar-refractivity contribution in [3.63, 3.8) is 0 Å². The highest BCUT2D eigenvalue weighted by molar-refractivity contribution is 7.99. The van der Waals surface area contributed by atoms with Crippen LogP contribution in [0.3, 0.4) is 0 Å². The van der Waals surface area contributed by atoms with E-state index in [1.165, 1.54) is 0 Å². The van der Waals surface area contributed by atoms with Crippen molar-refractivity contribution in [2.24, 2.45) is 0 Å². The standard InChI is InChI=1S/C16H21N3O4S/c1-11-2-3-12(15(22)19-6-8-24-9-7-19)10-13(11)18-16(23)17-5-4-14(20)21/h2-3,10H,4-9H2,1H3,(H,20,21)(H2,17,18,23). The molecule has 1 aliphatic heterocycles. The molecule has 24 heavy (non-hydrogen) atoms. The van der Waals surface area contributed by atoms with Crippen LogP contribution in [-0.4, -0.2) is 59.1 Å². The predicted octanol–water partition coefficient (Wildman–Crippen LogP) is 1.78. The zero-order valence-corrected chi connectivity index (χ0v) is 14.3. The van der Waals surface area contributed by atoms with E-state index in [1.807, 2.05) is 23.6 Å². The van der Waals surface area contributed by atoms with Gasteiger partial charge in [0.15, 0.2) is 0 Å². The van der Waals surface area contributed by atoms with Crippen LogP contribution in [0.4, 0.5) is 10.5 Å². The molecule has 3 N–H and O–H groups in total. The van der Waals surface area contributed by atoms with E-state index in [-0.39, 0.29) is 18.9 Å². The summed E-state index contributed by atoms with van der Waals surface area (Å²) in [5, 5.41) is 13.7. The van der Waals surface area contributed by atoms with Crippen molar-refractivity contribution < 1.29 is 19.5 Å². The van der Waals surface area contributed by atoms with E-state index in [1.54, 1.807) is 18.2 Å².